The Kier molecular flexibility index (Phi) is 3.62. The van der Waals surface area contributed by atoms with Gasteiger partial charge in [-0.05, 0) is 13.1 Å². The maximum absolute atomic E-state index is 10.9. The third kappa shape index (κ3) is 2.75. The van der Waals surface area contributed by atoms with Crippen LogP contribution in [0.1, 0.15) is 10.6 Å². The van der Waals surface area contributed by atoms with Crippen LogP contribution < -0.4 is 4.90 Å². The minimum Gasteiger partial charge on any atom is -0.475 e. The maximum Gasteiger partial charge on any atom is 0.374 e. The van der Waals surface area contributed by atoms with Crippen molar-refractivity contribution >= 4 is 11.7 Å². The van der Waals surface area contributed by atoms with Crippen molar-refractivity contribution in [3.63, 3.8) is 0 Å². The van der Waals surface area contributed by atoms with Gasteiger partial charge in [0, 0.05) is 43.5 Å². The highest BCUT2D eigenvalue weighted by Gasteiger charge is 2.20. The first-order valence-corrected chi connectivity index (χ1v) is 6.88. The first-order valence-electron chi connectivity index (χ1n) is 6.88. The van der Waals surface area contributed by atoms with Gasteiger partial charge in [-0.25, -0.2) is 4.79 Å². The summed E-state index contributed by atoms with van der Waals surface area (Å²) in [5, 5.41) is 12.8. The molecular weight excluding hydrogens is 270 g/mol. The molecule has 1 aliphatic heterocycles. The zero-order valence-corrected chi connectivity index (χ0v) is 11.8. The molecule has 1 aliphatic rings. The summed E-state index contributed by atoms with van der Waals surface area (Å²) in [6, 6.07) is 9.35. The van der Waals surface area contributed by atoms with Crippen LogP contribution in [0.3, 0.4) is 0 Å². The lowest BCUT2D eigenvalue weighted by molar-refractivity contribution is 0.0652. The fraction of sp³-hybridized carbons (Fsp3) is 0.333. The molecule has 0 radical (unpaired) electrons. The van der Waals surface area contributed by atoms with Gasteiger partial charge in [0.1, 0.15) is 5.69 Å². The Morgan fingerprint density at radius 2 is 1.95 bits per heavy atom. The molecule has 1 saturated heterocycles. The summed E-state index contributed by atoms with van der Waals surface area (Å²) in [6.07, 6.45) is 0. The number of rotatable bonds is 3. The highest BCUT2D eigenvalue weighted by Crippen LogP contribution is 2.31. The van der Waals surface area contributed by atoms with Crippen molar-refractivity contribution in [3.05, 3.63) is 36.1 Å². The molecule has 0 unspecified atom stereocenters. The number of aromatic nitrogens is 1. The molecule has 0 spiro atoms. The third-order valence-corrected chi connectivity index (χ3v) is 3.74. The van der Waals surface area contributed by atoms with Gasteiger partial charge < -0.3 is 19.4 Å². The van der Waals surface area contributed by atoms with Gasteiger partial charge in [0.25, 0.3) is 0 Å². The largest absolute Gasteiger partial charge is 0.475 e. The number of anilines is 1. The summed E-state index contributed by atoms with van der Waals surface area (Å²) in [7, 11) is 2.11. The minimum absolute atomic E-state index is 0.141. The second kappa shape index (κ2) is 5.57. The number of carbonyl (C=O) groups is 1. The predicted octanol–water partition coefficient (Wildman–Crippen LogP) is 1.79. The molecule has 110 valence electrons. The van der Waals surface area contributed by atoms with E-state index in [1.165, 1.54) is 6.07 Å². The SMILES string of the molecule is CN1CCN(c2ccccc2-c2cc(C(=O)O)on2)CC1. The highest BCUT2D eigenvalue weighted by atomic mass is 16.5. The van der Waals surface area contributed by atoms with Gasteiger partial charge in [-0.2, -0.15) is 0 Å². The topological polar surface area (TPSA) is 69.8 Å². The molecule has 3 rings (SSSR count). The van der Waals surface area contributed by atoms with Crippen LogP contribution in [0.4, 0.5) is 5.69 Å². The Morgan fingerprint density at radius 1 is 1.24 bits per heavy atom. The standard InChI is InChI=1S/C15H17N3O3/c1-17-6-8-18(9-7-17)13-5-3-2-4-11(13)12-10-14(15(19)20)21-16-12/h2-5,10H,6-9H2,1H3,(H,19,20). The van der Waals surface area contributed by atoms with Gasteiger partial charge in [-0.15, -0.1) is 0 Å². The van der Waals surface area contributed by atoms with E-state index in [1.54, 1.807) is 0 Å². The van der Waals surface area contributed by atoms with E-state index in [1.807, 2.05) is 24.3 Å². The van der Waals surface area contributed by atoms with E-state index in [0.29, 0.717) is 5.69 Å². The van der Waals surface area contributed by atoms with Crippen LogP contribution in [0.5, 0.6) is 0 Å². The van der Waals surface area contributed by atoms with Gasteiger partial charge in [-0.3, -0.25) is 0 Å². The van der Waals surface area contributed by atoms with Crippen molar-refractivity contribution in [1.82, 2.24) is 10.1 Å². The summed E-state index contributed by atoms with van der Waals surface area (Å²) in [5.74, 6) is -1.25. The molecule has 1 aromatic carbocycles. The Morgan fingerprint density at radius 3 is 2.62 bits per heavy atom. The van der Waals surface area contributed by atoms with E-state index in [9.17, 15) is 4.79 Å². The van der Waals surface area contributed by atoms with Crippen molar-refractivity contribution in [2.75, 3.05) is 38.1 Å². The number of hydrogen-bond acceptors (Lipinski definition) is 5. The van der Waals surface area contributed by atoms with Gasteiger partial charge in [0.05, 0.1) is 0 Å². The molecule has 0 bridgehead atoms. The van der Waals surface area contributed by atoms with E-state index < -0.39 is 5.97 Å². The number of hydrogen-bond donors (Lipinski definition) is 1. The minimum atomic E-state index is -1.11. The number of nitrogens with zero attached hydrogens (tertiary/aromatic N) is 3. The molecule has 1 fully saturated rings. The molecule has 6 nitrogen and oxygen atoms in total. The first kappa shape index (κ1) is 13.6. The third-order valence-electron chi connectivity index (χ3n) is 3.74. The molecule has 0 atom stereocenters. The number of carboxylic acid groups (broad SMARTS) is 1. The maximum atomic E-state index is 10.9. The zero-order valence-electron chi connectivity index (χ0n) is 11.8. The van der Waals surface area contributed by atoms with Crippen LogP contribution in [-0.4, -0.2) is 54.4 Å². The van der Waals surface area contributed by atoms with E-state index in [4.69, 9.17) is 9.63 Å². The van der Waals surface area contributed by atoms with Crippen LogP contribution >= 0.6 is 0 Å². The van der Waals surface area contributed by atoms with Gasteiger partial charge in [-0.1, -0.05) is 23.4 Å². The lowest BCUT2D eigenvalue weighted by Gasteiger charge is -2.34. The first-order chi connectivity index (χ1) is 10.1. The second-order valence-corrected chi connectivity index (χ2v) is 5.19. The lowest BCUT2D eigenvalue weighted by atomic mass is 10.1. The van der Waals surface area contributed by atoms with Crippen molar-refractivity contribution in [3.8, 4) is 11.3 Å². The molecule has 0 saturated carbocycles. The number of aromatic carboxylic acids is 1. The number of piperazine rings is 1. The monoisotopic (exact) mass is 287 g/mol. The van der Waals surface area contributed by atoms with Crippen molar-refractivity contribution in [1.29, 1.82) is 0 Å². The summed E-state index contributed by atoms with van der Waals surface area (Å²) >= 11 is 0. The molecule has 6 heteroatoms. The van der Waals surface area contributed by atoms with Crippen LogP contribution in [0.2, 0.25) is 0 Å². The van der Waals surface area contributed by atoms with Crippen LogP contribution in [0.15, 0.2) is 34.9 Å². The van der Waals surface area contributed by atoms with Crippen molar-refractivity contribution in [2.45, 2.75) is 0 Å². The van der Waals surface area contributed by atoms with Gasteiger partial charge >= 0.3 is 5.97 Å². The molecule has 2 heterocycles. The van der Waals surface area contributed by atoms with E-state index >= 15 is 0 Å². The average Bonchev–Trinajstić information content (AvgIpc) is 2.98. The number of benzene rings is 1. The Bertz CT molecular complexity index is 645. The molecule has 2 aromatic rings. The highest BCUT2D eigenvalue weighted by molar-refractivity contribution is 5.87. The van der Waals surface area contributed by atoms with Crippen LogP contribution in [-0.2, 0) is 0 Å². The molecule has 0 amide bonds. The van der Waals surface area contributed by atoms with Gasteiger partial charge in [0.15, 0.2) is 0 Å². The number of carboxylic acids is 1. The Balaban J connectivity index is 1.93. The second-order valence-electron chi connectivity index (χ2n) is 5.19. The van der Waals surface area contributed by atoms with E-state index in [2.05, 4.69) is 22.0 Å². The Hall–Kier alpha value is -2.34. The van der Waals surface area contributed by atoms with Crippen LogP contribution in [0, 0.1) is 0 Å². The fourth-order valence-corrected chi connectivity index (χ4v) is 2.52. The average molecular weight is 287 g/mol. The molecule has 21 heavy (non-hydrogen) atoms. The van der Waals surface area contributed by atoms with E-state index in [-0.39, 0.29) is 5.76 Å². The summed E-state index contributed by atoms with van der Waals surface area (Å²) in [6.45, 7) is 3.90. The van der Waals surface area contributed by atoms with Crippen molar-refractivity contribution in [2.24, 2.45) is 0 Å². The van der Waals surface area contributed by atoms with E-state index in [0.717, 1.165) is 37.4 Å². The summed E-state index contributed by atoms with van der Waals surface area (Å²) in [5.41, 5.74) is 2.52. The fourth-order valence-electron chi connectivity index (χ4n) is 2.52. The van der Waals surface area contributed by atoms with Crippen molar-refractivity contribution < 1.29 is 14.4 Å². The normalized spacial score (nSPS) is 16.1. The van der Waals surface area contributed by atoms with Gasteiger partial charge in [0.2, 0.25) is 5.76 Å². The smallest absolute Gasteiger partial charge is 0.374 e. The molecule has 1 N–H and O–H groups in total. The quantitative estimate of drug-likeness (QED) is 0.928. The number of likely N-dealkylation sites (N-methyl/N-ethyl adjacent to an activating group) is 1. The zero-order chi connectivity index (χ0) is 14.8. The predicted molar refractivity (Wildman–Crippen MR) is 78.6 cm³/mol. The number of para-hydroxylation sites is 1. The molecule has 1 aromatic heterocycles. The molecular formula is C15H17N3O3. The summed E-state index contributed by atoms with van der Waals surface area (Å²) < 4.78 is 4.86. The molecule has 0 aliphatic carbocycles. The lowest BCUT2D eigenvalue weighted by Crippen LogP contribution is -2.44. The summed E-state index contributed by atoms with van der Waals surface area (Å²) in [4.78, 5) is 15.5. The van der Waals surface area contributed by atoms with Crippen LogP contribution in [0.25, 0.3) is 11.3 Å². The Labute approximate surface area is 122 Å².